The first-order chi connectivity index (χ1) is 6.49. The van der Waals surface area contributed by atoms with E-state index in [9.17, 15) is 13.2 Å². The van der Waals surface area contributed by atoms with E-state index in [1.807, 2.05) is 0 Å². The summed E-state index contributed by atoms with van der Waals surface area (Å²) in [6.07, 6.45) is -1.88. The number of hydrogen-bond acceptors (Lipinski definition) is 1. The summed E-state index contributed by atoms with van der Waals surface area (Å²) < 4.78 is 35.3. The third-order valence-electron chi connectivity index (χ3n) is 2.71. The molecule has 4 heteroatoms. The Morgan fingerprint density at radius 2 is 2.00 bits per heavy atom. The Balaban J connectivity index is 1.88. The average molecular weight is 209 g/mol. The molecule has 1 saturated carbocycles. The fourth-order valence-corrected chi connectivity index (χ4v) is 1.58. The van der Waals surface area contributed by atoms with Gasteiger partial charge in [-0.2, -0.15) is 13.2 Å². The van der Waals surface area contributed by atoms with Crippen LogP contribution in [-0.2, 0) is 0 Å². The molecule has 0 aromatic rings. The van der Waals surface area contributed by atoms with Crippen molar-refractivity contribution in [3.05, 3.63) is 0 Å². The molecule has 1 atom stereocenters. The monoisotopic (exact) mass is 209 g/mol. The fraction of sp³-hybridized carbons (Fsp3) is 1.00. The van der Waals surface area contributed by atoms with E-state index in [2.05, 4.69) is 12.2 Å². The van der Waals surface area contributed by atoms with E-state index >= 15 is 0 Å². The van der Waals surface area contributed by atoms with Gasteiger partial charge in [0.2, 0.25) is 0 Å². The quantitative estimate of drug-likeness (QED) is 0.663. The molecule has 0 spiro atoms. The van der Waals surface area contributed by atoms with Crippen LogP contribution in [0.3, 0.4) is 0 Å². The van der Waals surface area contributed by atoms with Gasteiger partial charge in [-0.05, 0) is 44.2 Å². The third kappa shape index (κ3) is 5.47. The molecule has 1 aliphatic carbocycles. The van der Waals surface area contributed by atoms with Crippen molar-refractivity contribution in [3.8, 4) is 0 Å². The Hall–Kier alpha value is -0.250. The van der Waals surface area contributed by atoms with Crippen LogP contribution in [0.4, 0.5) is 13.2 Å². The van der Waals surface area contributed by atoms with Gasteiger partial charge in [0.1, 0.15) is 0 Å². The molecule has 1 rings (SSSR count). The lowest BCUT2D eigenvalue weighted by atomic mass is 10.1. The second-order valence-corrected chi connectivity index (χ2v) is 4.24. The largest absolute Gasteiger partial charge is 0.389 e. The highest BCUT2D eigenvalue weighted by molar-refractivity contribution is 4.79. The van der Waals surface area contributed by atoms with Crippen molar-refractivity contribution in [2.24, 2.45) is 11.8 Å². The number of nitrogens with one attached hydrogen (secondary N) is 1. The van der Waals surface area contributed by atoms with Crippen molar-refractivity contribution in [1.82, 2.24) is 5.32 Å². The zero-order valence-electron chi connectivity index (χ0n) is 8.53. The van der Waals surface area contributed by atoms with Crippen LogP contribution in [0, 0.1) is 11.8 Å². The van der Waals surface area contributed by atoms with Crippen molar-refractivity contribution >= 4 is 0 Å². The van der Waals surface area contributed by atoms with Crippen molar-refractivity contribution in [2.45, 2.75) is 38.8 Å². The van der Waals surface area contributed by atoms with Crippen LogP contribution in [-0.4, -0.2) is 19.3 Å². The molecule has 0 heterocycles. The summed E-state index contributed by atoms with van der Waals surface area (Å²) in [5, 5.41) is 3.08. The van der Waals surface area contributed by atoms with E-state index in [-0.39, 0.29) is 6.42 Å². The highest BCUT2D eigenvalue weighted by atomic mass is 19.4. The molecule has 0 aromatic carbocycles. The molecule has 1 nitrogen and oxygen atoms in total. The Bertz CT molecular complexity index is 163. The molecular weight excluding hydrogens is 191 g/mol. The molecule has 1 fully saturated rings. The lowest BCUT2D eigenvalue weighted by Gasteiger charge is -2.11. The van der Waals surface area contributed by atoms with Gasteiger partial charge in [0.05, 0.1) is 0 Å². The van der Waals surface area contributed by atoms with Crippen LogP contribution >= 0.6 is 0 Å². The minimum atomic E-state index is -4.00. The topological polar surface area (TPSA) is 12.0 Å². The van der Waals surface area contributed by atoms with Crippen molar-refractivity contribution in [1.29, 1.82) is 0 Å². The summed E-state index contributed by atoms with van der Waals surface area (Å²) in [7, 11) is 0. The van der Waals surface area contributed by atoms with Crippen LogP contribution < -0.4 is 5.32 Å². The highest BCUT2D eigenvalue weighted by Crippen LogP contribution is 2.36. The first-order valence-electron chi connectivity index (χ1n) is 5.26. The normalized spacial score (nSPS) is 19.7. The van der Waals surface area contributed by atoms with Crippen molar-refractivity contribution in [2.75, 3.05) is 13.1 Å². The summed E-state index contributed by atoms with van der Waals surface area (Å²) in [5.41, 5.74) is 0. The molecule has 14 heavy (non-hydrogen) atoms. The van der Waals surface area contributed by atoms with E-state index in [0.29, 0.717) is 12.5 Å². The Labute approximate surface area is 83.1 Å². The van der Waals surface area contributed by atoms with Gasteiger partial charge >= 0.3 is 6.18 Å². The zero-order valence-corrected chi connectivity index (χ0v) is 8.53. The first-order valence-corrected chi connectivity index (χ1v) is 5.26. The van der Waals surface area contributed by atoms with E-state index in [0.717, 1.165) is 12.5 Å². The Kier molecular flexibility index (Phi) is 4.23. The lowest BCUT2D eigenvalue weighted by molar-refractivity contribution is -0.135. The van der Waals surface area contributed by atoms with Gasteiger partial charge in [-0.3, -0.25) is 0 Å². The maximum Gasteiger partial charge on any atom is 0.389 e. The standard InChI is InChI=1S/C10H18F3N/c1-8(9-3-4-9)7-14-6-2-5-10(11,12)13/h8-9,14H,2-7H2,1H3. The van der Waals surface area contributed by atoms with Crippen LogP contribution in [0.2, 0.25) is 0 Å². The molecule has 1 aliphatic rings. The first kappa shape index (κ1) is 11.8. The molecule has 0 amide bonds. The highest BCUT2D eigenvalue weighted by Gasteiger charge is 2.28. The van der Waals surface area contributed by atoms with E-state index < -0.39 is 12.6 Å². The van der Waals surface area contributed by atoms with Gasteiger partial charge in [-0.25, -0.2) is 0 Å². The number of hydrogen-bond donors (Lipinski definition) is 1. The van der Waals surface area contributed by atoms with Crippen LogP contribution in [0.1, 0.15) is 32.6 Å². The second-order valence-electron chi connectivity index (χ2n) is 4.24. The Morgan fingerprint density at radius 3 is 2.50 bits per heavy atom. The zero-order chi connectivity index (χ0) is 10.6. The van der Waals surface area contributed by atoms with Crippen molar-refractivity contribution in [3.63, 3.8) is 0 Å². The molecule has 84 valence electrons. The molecule has 1 unspecified atom stereocenters. The van der Waals surface area contributed by atoms with E-state index in [4.69, 9.17) is 0 Å². The summed E-state index contributed by atoms with van der Waals surface area (Å²) in [5.74, 6) is 1.45. The molecule has 0 aliphatic heterocycles. The van der Waals surface area contributed by atoms with Gasteiger partial charge in [0.25, 0.3) is 0 Å². The third-order valence-corrected chi connectivity index (χ3v) is 2.71. The molecule has 0 bridgehead atoms. The Morgan fingerprint density at radius 1 is 1.36 bits per heavy atom. The molecule has 1 N–H and O–H groups in total. The molecule has 0 aromatic heterocycles. The number of alkyl halides is 3. The van der Waals surface area contributed by atoms with Gasteiger partial charge in [-0.15, -0.1) is 0 Å². The van der Waals surface area contributed by atoms with Gasteiger partial charge in [0, 0.05) is 6.42 Å². The maximum absolute atomic E-state index is 11.8. The summed E-state index contributed by atoms with van der Waals surface area (Å²) in [6, 6.07) is 0. The number of rotatable bonds is 6. The summed E-state index contributed by atoms with van der Waals surface area (Å²) in [4.78, 5) is 0. The van der Waals surface area contributed by atoms with Gasteiger partial charge in [-0.1, -0.05) is 6.92 Å². The van der Waals surface area contributed by atoms with Gasteiger partial charge < -0.3 is 5.32 Å². The second kappa shape index (κ2) is 5.01. The predicted molar refractivity (Wildman–Crippen MR) is 50.0 cm³/mol. The van der Waals surface area contributed by atoms with Crippen LogP contribution in [0.5, 0.6) is 0 Å². The fourth-order valence-electron chi connectivity index (χ4n) is 1.58. The summed E-state index contributed by atoms with van der Waals surface area (Å²) in [6.45, 7) is 3.51. The maximum atomic E-state index is 11.8. The van der Waals surface area contributed by atoms with Crippen LogP contribution in [0.25, 0.3) is 0 Å². The van der Waals surface area contributed by atoms with Crippen molar-refractivity contribution < 1.29 is 13.2 Å². The van der Waals surface area contributed by atoms with Gasteiger partial charge in [0.15, 0.2) is 0 Å². The number of halogens is 3. The van der Waals surface area contributed by atoms with Crippen LogP contribution in [0.15, 0.2) is 0 Å². The van der Waals surface area contributed by atoms with E-state index in [1.165, 1.54) is 12.8 Å². The van der Waals surface area contributed by atoms with E-state index in [1.54, 1.807) is 0 Å². The lowest BCUT2D eigenvalue weighted by Crippen LogP contribution is -2.24. The SMILES string of the molecule is CC(CNCCCC(F)(F)F)C1CC1. The molecule has 0 radical (unpaired) electrons. The predicted octanol–water partition coefficient (Wildman–Crippen LogP) is 2.96. The average Bonchev–Trinajstić information content (AvgIpc) is 2.83. The minimum absolute atomic E-state index is 0.195. The smallest absolute Gasteiger partial charge is 0.316 e. The summed E-state index contributed by atoms with van der Waals surface area (Å²) >= 11 is 0. The molecular formula is C10H18F3N. The minimum Gasteiger partial charge on any atom is -0.316 e. The molecule has 0 saturated heterocycles.